The first-order valence-corrected chi connectivity index (χ1v) is 17.9. The first-order valence-electron chi connectivity index (χ1n) is 17.0. The van der Waals surface area contributed by atoms with Crippen LogP contribution in [-0.2, 0) is 17.3 Å². The van der Waals surface area contributed by atoms with Crippen molar-refractivity contribution in [2.24, 2.45) is 0 Å². The van der Waals surface area contributed by atoms with Crippen LogP contribution in [0.25, 0.3) is 32.6 Å². The summed E-state index contributed by atoms with van der Waals surface area (Å²) in [5.41, 5.74) is 0.0985. The number of nitrogens with zero attached hydrogens (tertiary/aromatic N) is 5. The zero-order chi connectivity index (χ0) is 36.3. The Bertz CT molecular complexity index is 1980. The summed E-state index contributed by atoms with van der Waals surface area (Å²) in [6.07, 6.45) is -1.22. The number of carboxylic acids is 1. The highest BCUT2D eigenvalue weighted by molar-refractivity contribution is 7.13. The van der Waals surface area contributed by atoms with Gasteiger partial charge in [0.25, 0.3) is 0 Å². The number of ether oxygens (including phenoxy) is 1. The number of halogens is 3. The average molecular weight is 728 g/mol. The summed E-state index contributed by atoms with van der Waals surface area (Å²) in [6, 6.07) is 5.92. The number of morpholine rings is 1. The normalized spacial score (nSPS) is 17.5. The Morgan fingerprint density at radius 2 is 1.84 bits per heavy atom. The smallest absolute Gasteiger partial charge is 0.434 e. The molecule has 51 heavy (non-hydrogen) atoms. The van der Waals surface area contributed by atoms with Crippen LogP contribution in [0.15, 0.2) is 40.6 Å². The molecule has 16 heteroatoms. The molecule has 2 aliphatic heterocycles. The molecule has 2 amide bonds. The predicted octanol–water partition coefficient (Wildman–Crippen LogP) is 5.58. The summed E-state index contributed by atoms with van der Waals surface area (Å²) < 4.78 is 48.2. The van der Waals surface area contributed by atoms with Crippen molar-refractivity contribution in [1.82, 2.24) is 29.7 Å². The highest BCUT2D eigenvalue weighted by atomic mass is 32.1. The van der Waals surface area contributed by atoms with Gasteiger partial charge in [-0.25, -0.2) is 19.6 Å². The van der Waals surface area contributed by atoms with Crippen LogP contribution in [0.4, 0.5) is 23.8 Å². The number of amides is 2. The molecule has 2 aliphatic rings. The van der Waals surface area contributed by atoms with Crippen molar-refractivity contribution >= 4 is 40.1 Å². The molecule has 0 spiro atoms. The van der Waals surface area contributed by atoms with Gasteiger partial charge in [-0.1, -0.05) is 13.0 Å². The minimum absolute atomic E-state index is 0.0307. The molecule has 0 unspecified atom stereocenters. The van der Waals surface area contributed by atoms with E-state index in [1.165, 1.54) is 12.3 Å². The van der Waals surface area contributed by atoms with E-state index in [0.717, 1.165) is 75.5 Å². The molecule has 6 rings (SSSR count). The maximum Gasteiger partial charge on any atom is 0.434 e. The molecule has 2 fully saturated rings. The van der Waals surface area contributed by atoms with Gasteiger partial charge in [-0.15, -0.1) is 11.3 Å². The Kier molecular flexibility index (Phi) is 11.0. The van der Waals surface area contributed by atoms with E-state index in [-0.39, 0.29) is 33.4 Å². The van der Waals surface area contributed by atoms with Gasteiger partial charge < -0.3 is 24.6 Å². The number of hydrogen-bond acceptors (Lipinski definition) is 9. The van der Waals surface area contributed by atoms with Gasteiger partial charge in [-0.05, 0) is 56.5 Å². The Morgan fingerprint density at radius 3 is 2.53 bits per heavy atom. The summed E-state index contributed by atoms with van der Waals surface area (Å²) in [7, 11) is 0. The van der Waals surface area contributed by atoms with Crippen LogP contribution in [0.3, 0.4) is 0 Å². The van der Waals surface area contributed by atoms with Crippen molar-refractivity contribution in [3.8, 4) is 21.7 Å². The fourth-order valence-electron chi connectivity index (χ4n) is 6.94. The van der Waals surface area contributed by atoms with E-state index in [2.05, 4.69) is 30.4 Å². The van der Waals surface area contributed by atoms with Crippen molar-refractivity contribution in [1.29, 1.82) is 0 Å². The molecule has 0 saturated carbocycles. The second kappa shape index (κ2) is 15.5. The number of anilines is 1. The van der Waals surface area contributed by atoms with Crippen LogP contribution < -0.4 is 16.1 Å². The third-order valence-electron chi connectivity index (χ3n) is 9.36. The van der Waals surface area contributed by atoms with Crippen molar-refractivity contribution < 1.29 is 32.6 Å². The number of rotatable bonds is 10. The van der Waals surface area contributed by atoms with Crippen LogP contribution in [0.2, 0.25) is 0 Å². The van der Waals surface area contributed by atoms with Crippen molar-refractivity contribution in [2.45, 2.75) is 45.3 Å². The quantitative estimate of drug-likeness (QED) is 0.191. The molecule has 4 aromatic rings. The molecule has 272 valence electrons. The molecular formula is C35H40F3N7O5S. The third-order valence-corrected chi connectivity index (χ3v) is 10.2. The lowest BCUT2D eigenvalue weighted by atomic mass is 9.96. The number of alkyl halides is 3. The molecule has 0 radical (unpaired) electrons. The van der Waals surface area contributed by atoms with Crippen LogP contribution in [-0.4, -0.2) is 100 Å². The van der Waals surface area contributed by atoms with E-state index in [1.54, 1.807) is 25.1 Å². The lowest BCUT2D eigenvalue weighted by Crippen LogP contribution is -2.44. The highest BCUT2D eigenvalue weighted by Crippen LogP contribution is 2.39. The van der Waals surface area contributed by atoms with Crippen molar-refractivity contribution in [2.75, 3.05) is 64.3 Å². The maximum absolute atomic E-state index is 14.0. The number of carboxylic acid groups (broad SMARTS) is 1. The Morgan fingerprint density at radius 1 is 1.08 bits per heavy atom. The van der Waals surface area contributed by atoms with Gasteiger partial charge in [0.1, 0.15) is 16.4 Å². The fraction of sp³-hybridized carbons (Fsp3) is 0.457. The van der Waals surface area contributed by atoms with E-state index in [4.69, 9.17) is 4.74 Å². The largest absolute Gasteiger partial charge is 0.477 e. The maximum atomic E-state index is 14.0. The number of aromatic carboxylic acids is 1. The number of pyridine rings is 2. The molecular weight excluding hydrogens is 687 g/mol. The Hall–Kier alpha value is -4.38. The number of fused-ring (bicyclic) bond motifs is 1. The van der Waals surface area contributed by atoms with Crippen LogP contribution in [0.1, 0.15) is 54.5 Å². The number of benzene rings is 1. The van der Waals surface area contributed by atoms with Gasteiger partial charge in [-0.2, -0.15) is 13.2 Å². The number of aromatic nitrogens is 3. The number of nitrogens with one attached hydrogen (secondary N) is 2. The van der Waals surface area contributed by atoms with Gasteiger partial charge >= 0.3 is 18.2 Å². The fourth-order valence-corrected chi connectivity index (χ4v) is 7.80. The minimum atomic E-state index is -4.67. The Labute approximate surface area is 296 Å². The molecule has 3 aromatic heterocycles. The lowest BCUT2D eigenvalue weighted by molar-refractivity contribution is -0.140. The lowest BCUT2D eigenvalue weighted by Gasteiger charge is -2.37. The first-order chi connectivity index (χ1) is 24.5. The number of likely N-dealkylation sites (tertiary alicyclic amines) is 1. The molecule has 0 bridgehead atoms. The second-order valence-corrected chi connectivity index (χ2v) is 13.5. The summed E-state index contributed by atoms with van der Waals surface area (Å²) >= 11 is 0.784. The number of urea groups is 1. The van der Waals surface area contributed by atoms with Crippen LogP contribution >= 0.6 is 11.3 Å². The molecule has 2 saturated heterocycles. The van der Waals surface area contributed by atoms with Crippen LogP contribution in [0, 0.1) is 0 Å². The number of carbonyl (C=O) groups excluding carboxylic acids is 1. The monoisotopic (exact) mass is 727 g/mol. The van der Waals surface area contributed by atoms with Crippen molar-refractivity contribution in [3.05, 3.63) is 63.0 Å². The number of hydrogen-bond donors (Lipinski definition) is 3. The molecule has 5 heterocycles. The molecule has 0 aliphatic carbocycles. The first kappa shape index (κ1) is 36.4. The average Bonchev–Trinajstić information content (AvgIpc) is 3.62. The number of thiazole rings is 1. The van der Waals surface area contributed by atoms with E-state index in [9.17, 15) is 32.7 Å². The zero-order valence-corrected chi connectivity index (χ0v) is 29.2. The van der Waals surface area contributed by atoms with Gasteiger partial charge in [-0.3, -0.25) is 15.0 Å². The van der Waals surface area contributed by atoms with E-state index >= 15 is 0 Å². The second-order valence-electron chi connectivity index (χ2n) is 12.6. The third kappa shape index (κ3) is 7.93. The number of carbonyl (C=O) groups is 2. The minimum Gasteiger partial charge on any atom is -0.477 e. The molecule has 1 aromatic carbocycles. The van der Waals surface area contributed by atoms with Gasteiger partial charge in [0.15, 0.2) is 5.69 Å². The van der Waals surface area contributed by atoms with E-state index in [0.29, 0.717) is 41.8 Å². The topological polar surface area (TPSA) is 142 Å². The van der Waals surface area contributed by atoms with Gasteiger partial charge in [0.2, 0.25) is 5.43 Å². The molecule has 12 nitrogen and oxygen atoms in total. The SMILES string of the molecule is CCNC(=O)Nc1cc(-c2nc(C(F)(F)F)cs2)c(-c2ccc3c(c2)c(=O)c(C(=O)O)c(CC)n3[C@H]2CCCN(CCN3CCOCC3)C2)cn1. The zero-order valence-electron chi connectivity index (χ0n) is 28.4. The summed E-state index contributed by atoms with van der Waals surface area (Å²) in [4.78, 5) is 51.9. The highest BCUT2D eigenvalue weighted by Gasteiger charge is 2.34. The van der Waals surface area contributed by atoms with Crippen LogP contribution in [0.5, 0.6) is 0 Å². The summed E-state index contributed by atoms with van der Waals surface area (Å²) in [6.45, 7) is 10.5. The predicted molar refractivity (Wildman–Crippen MR) is 189 cm³/mol. The van der Waals surface area contributed by atoms with Gasteiger partial charge in [0.05, 0.1) is 18.7 Å². The summed E-state index contributed by atoms with van der Waals surface area (Å²) in [5.74, 6) is -1.23. The van der Waals surface area contributed by atoms with Gasteiger partial charge in [0, 0.05) is 79.1 Å². The summed E-state index contributed by atoms with van der Waals surface area (Å²) in [5, 5.41) is 16.6. The molecule has 3 N–H and O–H groups in total. The van der Waals surface area contributed by atoms with E-state index < -0.39 is 29.3 Å². The standard InChI is InChI=1S/C35H40F3N7O5S/c1-3-26-30(33(47)48)31(46)24-16-21(7-8-27(24)45(26)22-6-5-9-44(19-22)11-10-43-12-14-50-15-13-43)25-18-40-29(42-34(49)39-4-2)17-23(25)32-41-28(20-51-32)35(36,37)38/h7-8,16-18,20,22H,3-6,9-15,19H2,1-2H3,(H,47,48)(H2,39,40,42,49)/t22-/m0/s1. The van der Waals surface area contributed by atoms with E-state index in [1.807, 2.05) is 11.5 Å². The Balaban J connectivity index is 1.44. The molecule has 1 atom stereocenters. The van der Waals surface area contributed by atoms with Crippen molar-refractivity contribution in [3.63, 3.8) is 0 Å². The number of piperidine rings is 1.